The molecule has 0 bridgehead atoms. The molecule has 5 rings (SSSR count). The quantitative estimate of drug-likeness (QED) is 0.429. The normalized spacial score (nSPS) is 11.5. The van der Waals surface area contributed by atoms with Crippen molar-refractivity contribution in [1.82, 2.24) is 28.7 Å². The van der Waals surface area contributed by atoms with Gasteiger partial charge in [0, 0.05) is 53.3 Å². The molecule has 0 saturated heterocycles. The van der Waals surface area contributed by atoms with Crippen molar-refractivity contribution in [2.75, 3.05) is 5.32 Å². The van der Waals surface area contributed by atoms with E-state index in [-0.39, 0.29) is 6.54 Å². The number of aromatic nitrogens is 6. The third-order valence-corrected chi connectivity index (χ3v) is 5.82. The van der Waals surface area contributed by atoms with Gasteiger partial charge in [-0.25, -0.2) is 4.79 Å². The second-order valence-corrected chi connectivity index (χ2v) is 7.85. The molecule has 4 heterocycles. The van der Waals surface area contributed by atoms with Gasteiger partial charge in [0.2, 0.25) is 5.95 Å². The molecule has 162 valence electrons. The molecule has 0 atom stereocenters. The lowest BCUT2D eigenvalue weighted by atomic mass is 10.2. The number of hydrogen-bond acceptors (Lipinski definition) is 5. The molecule has 2 N–H and O–H groups in total. The molecule has 32 heavy (non-hydrogen) atoms. The average Bonchev–Trinajstić information content (AvgIpc) is 3.34. The summed E-state index contributed by atoms with van der Waals surface area (Å²) in [6, 6.07) is 11.0. The zero-order valence-corrected chi connectivity index (χ0v) is 18.2. The third kappa shape index (κ3) is 3.18. The number of pyridine rings is 1. The summed E-state index contributed by atoms with van der Waals surface area (Å²) in [7, 11) is 1.75. The molecule has 0 amide bonds. The van der Waals surface area contributed by atoms with Crippen LogP contribution >= 0.6 is 11.6 Å². The summed E-state index contributed by atoms with van der Waals surface area (Å²) in [6.45, 7) is 2.32. The standard InChI is InChI=1S/C22H20ClN7O2/c1-3-29-19-18(28(2)21(27-19)26-13-7-9-24-10-8-13)20(31)30(22(29)32)12-14-11-15-16(23)5-4-6-17(15)25-14/h4-11,25H,3,12H2,1-2H3,(H,24,26,27). The van der Waals surface area contributed by atoms with E-state index in [9.17, 15) is 9.59 Å². The predicted molar refractivity (Wildman–Crippen MR) is 125 cm³/mol. The molecule has 0 fully saturated rings. The average molecular weight is 450 g/mol. The maximum absolute atomic E-state index is 13.4. The lowest BCUT2D eigenvalue weighted by Crippen LogP contribution is -2.40. The van der Waals surface area contributed by atoms with Crippen molar-refractivity contribution in [3.05, 3.63) is 80.3 Å². The summed E-state index contributed by atoms with van der Waals surface area (Å²) < 4.78 is 4.40. The first-order chi connectivity index (χ1) is 15.5. The molecule has 0 unspecified atom stereocenters. The van der Waals surface area contributed by atoms with E-state index in [0.717, 1.165) is 16.6 Å². The number of aromatic amines is 1. The monoisotopic (exact) mass is 449 g/mol. The number of benzene rings is 1. The Morgan fingerprint density at radius 3 is 2.62 bits per heavy atom. The number of anilines is 2. The number of halogens is 1. The summed E-state index contributed by atoms with van der Waals surface area (Å²) in [5.74, 6) is 0.458. The summed E-state index contributed by atoms with van der Waals surface area (Å²) in [5, 5.41) is 4.63. The minimum Gasteiger partial charge on any atom is -0.357 e. The van der Waals surface area contributed by atoms with E-state index in [1.54, 1.807) is 42.2 Å². The second kappa shape index (κ2) is 7.69. The minimum absolute atomic E-state index is 0.0942. The van der Waals surface area contributed by atoms with Gasteiger partial charge in [0.25, 0.3) is 5.56 Å². The molecule has 0 aliphatic carbocycles. The fourth-order valence-corrected chi connectivity index (χ4v) is 4.12. The first-order valence-electron chi connectivity index (χ1n) is 10.1. The Kier molecular flexibility index (Phi) is 4.82. The van der Waals surface area contributed by atoms with Crippen molar-refractivity contribution in [2.24, 2.45) is 7.05 Å². The third-order valence-electron chi connectivity index (χ3n) is 5.49. The number of imidazole rings is 1. The highest BCUT2D eigenvalue weighted by Crippen LogP contribution is 2.24. The highest BCUT2D eigenvalue weighted by molar-refractivity contribution is 6.35. The molecule has 0 saturated carbocycles. The minimum atomic E-state index is -0.414. The zero-order chi connectivity index (χ0) is 22.4. The summed E-state index contributed by atoms with van der Waals surface area (Å²) in [4.78, 5) is 38.4. The van der Waals surface area contributed by atoms with Crippen LogP contribution in [0.15, 0.2) is 58.4 Å². The Hall–Kier alpha value is -3.85. The van der Waals surface area contributed by atoms with Crippen molar-refractivity contribution in [3.8, 4) is 0 Å². The van der Waals surface area contributed by atoms with Crippen LogP contribution in [-0.4, -0.2) is 28.7 Å². The molecule has 0 aliphatic heterocycles. The number of hydrogen-bond donors (Lipinski definition) is 2. The van der Waals surface area contributed by atoms with Crippen molar-refractivity contribution < 1.29 is 0 Å². The fourth-order valence-electron chi connectivity index (χ4n) is 3.89. The van der Waals surface area contributed by atoms with E-state index in [1.165, 1.54) is 9.13 Å². The van der Waals surface area contributed by atoms with E-state index in [2.05, 4.69) is 20.3 Å². The summed E-state index contributed by atoms with van der Waals surface area (Å²) >= 11 is 6.27. The van der Waals surface area contributed by atoms with Crippen LogP contribution in [0.4, 0.5) is 11.6 Å². The maximum Gasteiger partial charge on any atom is 0.333 e. The van der Waals surface area contributed by atoms with Crippen LogP contribution in [0.2, 0.25) is 5.02 Å². The molecular weight excluding hydrogens is 430 g/mol. The Bertz CT molecular complexity index is 1580. The van der Waals surface area contributed by atoms with Gasteiger partial charge in [0.1, 0.15) is 0 Å². The van der Waals surface area contributed by atoms with E-state index < -0.39 is 11.2 Å². The Morgan fingerprint density at radius 2 is 1.91 bits per heavy atom. The molecule has 4 aromatic heterocycles. The van der Waals surface area contributed by atoms with E-state index in [1.807, 2.05) is 25.1 Å². The summed E-state index contributed by atoms with van der Waals surface area (Å²) in [6.07, 6.45) is 3.32. The van der Waals surface area contributed by atoms with Crippen LogP contribution in [0.25, 0.3) is 22.1 Å². The van der Waals surface area contributed by atoms with Gasteiger partial charge in [-0.05, 0) is 37.3 Å². The van der Waals surface area contributed by atoms with Gasteiger partial charge in [-0.1, -0.05) is 17.7 Å². The first kappa shape index (κ1) is 20.1. The van der Waals surface area contributed by atoms with Crippen LogP contribution in [-0.2, 0) is 20.1 Å². The van der Waals surface area contributed by atoms with Gasteiger partial charge in [-0.15, -0.1) is 0 Å². The topological polar surface area (TPSA) is 103 Å². The van der Waals surface area contributed by atoms with Crippen molar-refractivity contribution in [2.45, 2.75) is 20.0 Å². The van der Waals surface area contributed by atoms with Gasteiger partial charge >= 0.3 is 5.69 Å². The Labute approximate surface area is 186 Å². The van der Waals surface area contributed by atoms with Crippen LogP contribution in [0, 0.1) is 0 Å². The van der Waals surface area contributed by atoms with Gasteiger partial charge in [0.15, 0.2) is 11.2 Å². The van der Waals surface area contributed by atoms with Crippen LogP contribution in [0.5, 0.6) is 0 Å². The summed E-state index contributed by atoms with van der Waals surface area (Å²) in [5.41, 5.74) is 2.21. The number of rotatable bonds is 5. The number of nitrogens with zero attached hydrogens (tertiary/aromatic N) is 5. The molecule has 9 nitrogen and oxygen atoms in total. The van der Waals surface area contributed by atoms with Crippen molar-refractivity contribution in [1.29, 1.82) is 0 Å². The number of H-pyrrole nitrogens is 1. The van der Waals surface area contributed by atoms with Gasteiger partial charge < -0.3 is 14.9 Å². The molecule has 5 aromatic rings. The van der Waals surface area contributed by atoms with Crippen LogP contribution < -0.4 is 16.6 Å². The lowest BCUT2D eigenvalue weighted by molar-refractivity contribution is 0.613. The van der Waals surface area contributed by atoms with Crippen molar-refractivity contribution in [3.63, 3.8) is 0 Å². The smallest absolute Gasteiger partial charge is 0.333 e. The first-order valence-corrected chi connectivity index (χ1v) is 10.5. The van der Waals surface area contributed by atoms with E-state index in [4.69, 9.17) is 11.6 Å². The van der Waals surface area contributed by atoms with Crippen LogP contribution in [0.1, 0.15) is 12.6 Å². The molecular formula is C22H20ClN7O2. The molecule has 0 aliphatic rings. The predicted octanol–water partition coefficient (Wildman–Crippen LogP) is 3.24. The fraction of sp³-hybridized carbons (Fsp3) is 0.182. The van der Waals surface area contributed by atoms with Gasteiger partial charge in [-0.3, -0.25) is 18.9 Å². The highest BCUT2D eigenvalue weighted by atomic mass is 35.5. The number of nitrogens with one attached hydrogen (secondary N) is 2. The second-order valence-electron chi connectivity index (χ2n) is 7.44. The van der Waals surface area contributed by atoms with E-state index in [0.29, 0.717) is 34.4 Å². The largest absolute Gasteiger partial charge is 0.357 e. The SMILES string of the molecule is CCn1c(=O)n(Cc2cc3c(Cl)cccc3[nH]2)c(=O)c2c1nc(Nc1ccncc1)n2C. The Balaban J connectivity index is 1.66. The Morgan fingerprint density at radius 1 is 1.12 bits per heavy atom. The van der Waals surface area contributed by atoms with E-state index >= 15 is 0 Å². The molecule has 1 aromatic carbocycles. The van der Waals surface area contributed by atoms with Gasteiger partial charge in [-0.2, -0.15) is 4.98 Å². The number of aryl methyl sites for hydroxylation is 2. The highest BCUT2D eigenvalue weighted by Gasteiger charge is 2.20. The molecule has 10 heteroatoms. The van der Waals surface area contributed by atoms with Crippen LogP contribution in [0.3, 0.4) is 0 Å². The molecule has 0 spiro atoms. The number of fused-ring (bicyclic) bond motifs is 2. The van der Waals surface area contributed by atoms with Gasteiger partial charge in [0.05, 0.1) is 6.54 Å². The van der Waals surface area contributed by atoms with Crippen molar-refractivity contribution >= 4 is 45.3 Å². The zero-order valence-electron chi connectivity index (χ0n) is 17.5. The lowest BCUT2D eigenvalue weighted by Gasteiger charge is -2.09. The maximum atomic E-state index is 13.4. The molecule has 0 radical (unpaired) electrons.